The predicted molar refractivity (Wildman–Crippen MR) is 258 cm³/mol. The van der Waals surface area contributed by atoms with Crippen molar-refractivity contribution >= 4 is 13.8 Å². The molecule has 0 aliphatic heterocycles. The zero-order chi connectivity index (χ0) is 44.8. The highest BCUT2D eigenvalue weighted by Crippen LogP contribution is 2.38. The number of quaternary nitrogens is 1. The Labute approximate surface area is 373 Å². The maximum Gasteiger partial charge on any atom is 0.306 e. The van der Waals surface area contributed by atoms with Crippen molar-refractivity contribution in [1.82, 2.24) is 0 Å². The summed E-state index contributed by atoms with van der Waals surface area (Å²) in [6.07, 6.45) is 62.2. The summed E-state index contributed by atoms with van der Waals surface area (Å²) in [5, 5.41) is 0. The van der Waals surface area contributed by atoms with Crippen molar-refractivity contribution in [3.05, 3.63) is 122 Å². The lowest BCUT2D eigenvalue weighted by molar-refractivity contribution is -0.870. The highest BCUT2D eigenvalue weighted by molar-refractivity contribution is 7.45. The molecule has 0 aliphatic carbocycles. The number of carbonyl (C=O) groups excluding carboxylic acids is 1. The Bertz CT molecular complexity index is 1380. The Hall–Kier alpha value is -3.10. The van der Waals surface area contributed by atoms with E-state index in [-0.39, 0.29) is 32.2 Å². The van der Waals surface area contributed by atoms with E-state index in [0.717, 1.165) is 116 Å². The Morgan fingerprint density at radius 1 is 0.508 bits per heavy atom. The molecular formula is C52H86NO7P. The Morgan fingerprint density at radius 2 is 0.902 bits per heavy atom. The van der Waals surface area contributed by atoms with Crippen LogP contribution in [0.3, 0.4) is 0 Å². The minimum atomic E-state index is -4.56. The van der Waals surface area contributed by atoms with Crippen LogP contribution >= 0.6 is 7.82 Å². The molecule has 0 amide bonds. The van der Waals surface area contributed by atoms with Crippen molar-refractivity contribution in [2.45, 2.75) is 148 Å². The quantitative estimate of drug-likeness (QED) is 0.0199. The topological polar surface area (TPSA) is 94.1 Å². The van der Waals surface area contributed by atoms with Crippen LogP contribution in [0.25, 0.3) is 0 Å². The second kappa shape index (κ2) is 43.5. The number of allylic oxidation sites excluding steroid dienone is 20. The molecule has 0 N–H and O–H groups in total. The minimum Gasteiger partial charge on any atom is -0.756 e. The molecule has 61 heavy (non-hydrogen) atoms. The minimum absolute atomic E-state index is 0.00589. The van der Waals surface area contributed by atoms with Gasteiger partial charge in [-0.3, -0.25) is 9.36 Å². The summed E-state index contributed by atoms with van der Waals surface area (Å²) in [5.41, 5.74) is 0. The molecular weight excluding hydrogens is 782 g/mol. The van der Waals surface area contributed by atoms with Gasteiger partial charge in [0.25, 0.3) is 7.82 Å². The first kappa shape index (κ1) is 57.9. The average Bonchev–Trinajstić information content (AvgIpc) is 3.22. The van der Waals surface area contributed by atoms with E-state index >= 15 is 0 Å². The van der Waals surface area contributed by atoms with Crippen LogP contribution in [0.15, 0.2) is 122 Å². The smallest absolute Gasteiger partial charge is 0.306 e. The van der Waals surface area contributed by atoms with Gasteiger partial charge >= 0.3 is 5.97 Å². The fraction of sp³-hybridized carbons (Fsp3) is 0.596. The molecule has 0 aliphatic rings. The fourth-order valence-corrected chi connectivity index (χ4v) is 6.21. The molecule has 0 saturated heterocycles. The van der Waals surface area contributed by atoms with E-state index in [2.05, 4.69) is 135 Å². The Kier molecular flexibility index (Phi) is 41.3. The van der Waals surface area contributed by atoms with Crippen LogP contribution in [0, 0.1) is 0 Å². The van der Waals surface area contributed by atoms with Crippen molar-refractivity contribution in [2.24, 2.45) is 0 Å². The van der Waals surface area contributed by atoms with E-state index in [4.69, 9.17) is 18.5 Å². The van der Waals surface area contributed by atoms with E-state index in [9.17, 15) is 14.3 Å². The summed E-state index contributed by atoms with van der Waals surface area (Å²) in [5.74, 6) is -0.381. The van der Waals surface area contributed by atoms with Crippen molar-refractivity contribution in [2.75, 3.05) is 54.1 Å². The predicted octanol–water partition coefficient (Wildman–Crippen LogP) is 13.5. The van der Waals surface area contributed by atoms with Crippen LogP contribution in [-0.4, -0.2) is 70.7 Å². The van der Waals surface area contributed by atoms with Crippen molar-refractivity contribution in [3.63, 3.8) is 0 Å². The highest BCUT2D eigenvalue weighted by Gasteiger charge is 2.20. The number of hydrogen-bond acceptors (Lipinski definition) is 7. The number of phosphoric acid groups is 1. The summed E-state index contributed by atoms with van der Waals surface area (Å²) in [4.78, 5) is 25.1. The molecule has 0 saturated carbocycles. The SMILES string of the molecule is CC/C=C\C/C=C\C/C=C\C/C=C\C/C=C\CCCCCCOCC(COP(=O)([O-])OCC[N+](C)(C)C)OC(=O)CCCCC/C=C\C/C=C\C/C=C\C/C=C\C/C=C\CC. The third-order valence-corrected chi connectivity index (χ3v) is 9.97. The molecule has 2 unspecified atom stereocenters. The number of unbranched alkanes of at least 4 members (excludes halogenated alkanes) is 7. The van der Waals surface area contributed by atoms with Crippen LogP contribution in [0.1, 0.15) is 142 Å². The number of phosphoric ester groups is 1. The van der Waals surface area contributed by atoms with Crippen LogP contribution in [0.5, 0.6) is 0 Å². The van der Waals surface area contributed by atoms with E-state index < -0.39 is 13.9 Å². The largest absolute Gasteiger partial charge is 0.756 e. The first-order valence-electron chi connectivity index (χ1n) is 23.3. The molecule has 0 aromatic heterocycles. The van der Waals surface area contributed by atoms with Gasteiger partial charge in [0.2, 0.25) is 0 Å². The summed E-state index contributed by atoms with van der Waals surface area (Å²) in [6, 6.07) is 0. The number of esters is 1. The molecule has 8 nitrogen and oxygen atoms in total. The molecule has 346 valence electrons. The van der Waals surface area contributed by atoms with Crippen molar-refractivity contribution in [1.29, 1.82) is 0 Å². The third kappa shape index (κ3) is 47.8. The third-order valence-electron chi connectivity index (χ3n) is 9.01. The van der Waals surface area contributed by atoms with Gasteiger partial charge in [0, 0.05) is 13.0 Å². The van der Waals surface area contributed by atoms with Crippen molar-refractivity contribution in [3.8, 4) is 0 Å². The van der Waals surface area contributed by atoms with Gasteiger partial charge in [-0.15, -0.1) is 0 Å². The lowest BCUT2D eigenvalue weighted by Crippen LogP contribution is -2.37. The van der Waals surface area contributed by atoms with Gasteiger partial charge in [0.1, 0.15) is 19.3 Å². The second-order valence-corrected chi connectivity index (χ2v) is 17.4. The number of rotatable bonds is 41. The molecule has 0 spiro atoms. The van der Waals surface area contributed by atoms with Gasteiger partial charge in [-0.25, -0.2) is 0 Å². The monoisotopic (exact) mass is 868 g/mol. The van der Waals surface area contributed by atoms with Gasteiger partial charge in [0.15, 0.2) is 0 Å². The fourth-order valence-electron chi connectivity index (χ4n) is 5.48. The van der Waals surface area contributed by atoms with Crippen LogP contribution < -0.4 is 4.89 Å². The molecule has 0 aromatic rings. The molecule has 0 bridgehead atoms. The van der Waals surface area contributed by atoms with Gasteiger partial charge in [0.05, 0.1) is 34.4 Å². The van der Waals surface area contributed by atoms with Crippen LogP contribution in [0.4, 0.5) is 0 Å². The van der Waals surface area contributed by atoms with Crippen LogP contribution in [-0.2, 0) is 27.9 Å². The zero-order valence-corrected chi connectivity index (χ0v) is 39.9. The summed E-state index contributed by atoms with van der Waals surface area (Å²) >= 11 is 0. The molecule has 0 rings (SSSR count). The zero-order valence-electron chi connectivity index (χ0n) is 39.1. The van der Waals surface area contributed by atoms with E-state index in [0.29, 0.717) is 24.1 Å². The molecule has 9 heteroatoms. The van der Waals surface area contributed by atoms with Gasteiger partial charge in [-0.2, -0.15) is 0 Å². The van der Waals surface area contributed by atoms with E-state index in [1.165, 1.54) is 0 Å². The number of likely N-dealkylation sites (N-methyl/N-ethyl adjacent to an activating group) is 1. The number of carbonyl (C=O) groups is 1. The Balaban J connectivity index is 4.37. The lowest BCUT2D eigenvalue weighted by atomic mass is 10.1. The molecule has 0 aromatic carbocycles. The number of ether oxygens (including phenoxy) is 2. The van der Waals surface area contributed by atoms with E-state index in [1.807, 2.05) is 21.1 Å². The summed E-state index contributed by atoms with van der Waals surface area (Å²) < 4.78 is 34.6. The average molecular weight is 868 g/mol. The second-order valence-electron chi connectivity index (χ2n) is 16.0. The molecule has 0 heterocycles. The highest BCUT2D eigenvalue weighted by atomic mass is 31.2. The molecule has 0 fully saturated rings. The molecule has 0 radical (unpaired) electrons. The van der Waals surface area contributed by atoms with Crippen molar-refractivity contribution < 1.29 is 37.3 Å². The lowest BCUT2D eigenvalue weighted by Gasteiger charge is -2.28. The summed E-state index contributed by atoms with van der Waals surface area (Å²) in [7, 11) is 1.29. The van der Waals surface area contributed by atoms with Crippen LogP contribution in [0.2, 0.25) is 0 Å². The maximum atomic E-state index is 12.7. The first-order valence-corrected chi connectivity index (χ1v) is 24.7. The van der Waals surface area contributed by atoms with Gasteiger partial charge < -0.3 is 27.9 Å². The standard InChI is InChI=1S/C52H86NO7P/c1-6-8-10-12-14-16-18-20-22-24-26-28-30-32-34-36-38-40-42-44-47-57-49-51(50-59-61(55,56)58-48-46-53(3,4)5)60-52(54)45-43-41-39-37-35-33-31-29-27-25-23-21-19-17-15-13-11-9-7-2/h8-11,14-17,20-23,26-29,32-35,51H,6-7,12-13,18-19,24-25,30-31,36-50H2,1-5H3/b10-8-,11-9-,16-14-,17-15-,22-20-,23-21-,28-26-,29-27-,34-32-,35-33-. The maximum absolute atomic E-state index is 12.7. The number of nitrogens with zero attached hydrogens (tertiary/aromatic N) is 1. The van der Waals surface area contributed by atoms with E-state index in [1.54, 1.807) is 0 Å². The van der Waals surface area contributed by atoms with Gasteiger partial charge in [-0.1, -0.05) is 155 Å². The number of hydrogen-bond donors (Lipinski definition) is 0. The first-order chi connectivity index (χ1) is 29.6. The molecule has 2 atom stereocenters. The summed E-state index contributed by atoms with van der Waals surface area (Å²) in [6.45, 7) is 5.03. The Morgan fingerprint density at radius 3 is 1.33 bits per heavy atom. The van der Waals surface area contributed by atoms with Gasteiger partial charge in [-0.05, 0) is 103 Å². The normalized spacial score (nSPS) is 14.8.